The van der Waals surface area contributed by atoms with Crippen molar-refractivity contribution in [3.05, 3.63) is 28.9 Å². The number of carbonyl (C=O) groups excluding carboxylic acids is 1. The van der Waals surface area contributed by atoms with E-state index in [0.717, 1.165) is 18.4 Å². The van der Waals surface area contributed by atoms with E-state index in [1.165, 1.54) is 0 Å². The molecule has 0 aliphatic carbocycles. The number of hydrogen-bond donors (Lipinski definition) is 1. The quantitative estimate of drug-likeness (QED) is 0.875. The Balaban J connectivity index is 1.85. The summed E-state index contributed by atoms with van der Waals surface area (Å²) < 4.78 is 7.17. The van der Waals surface area contributed by atoms with Gasteiger partial charge in [-0.25, -0.2) is 9.59 Å². The third-order valence-corrected chi connectivity index (χ3v) is 3.93. The van der Waals surface area contributed by atoms with Gasteiger partial charge in [0.1, 0.15) is 5.60 Å². The molecule has 1 N–H and O–H groups in total. The first-order valence-electron chi connectivity index (χ1n) is 7.87. The largest absolute Gasteiger partial charge is 0.444 e. The first-order chi connectivity index (χ1) is 10.8. The van der Waals surface area contributed by atoms with Crippen molar-refractivity contribution in [1.82, 2.24) is 19.4 Å². The molecule has 1 saturated heterocycles. The van der Waals surface area contributed by atoms with Crippen molar-refractivity contribution in [3.63, 3.8) is 0 Å². The molecule has 1 fully saturated rings. The summed E-state index contributed by atoms with van der Waals surface area (Å²) >= 11 is 0. The number of pyridine rings is 1. The zero-order valence-corrected chi connectivity index (χ0v) is 13.7. The average molecular weight is 318 g/mol. The van der Waals surface area contributed by atoms with Crippen molar-refractivity contribution in [1.29, 1.82) is 0 Å². The van der Waals surface area contributed by atoms with E-state index in [0.29, 0.717) is 18.6 Å². The molecule has 1 atom stereocenters. The number of imidazole rings is 1. The maximum atomic E-state index is 12.3. The van der Waals surface area contributed by atoms with Crippen LogP contribution in [-0.4, -0.2) is 44.2 Å². The van der Waals surface area contributed by atoms with Crippen molar-refractivity contribution in [2.24, 2.45) is 0 Å². The summed E-state index contributed by atoms with van der Waals surface area (Å²) in [7, 11) is 0. The van der Waals surface area contributed by atoms with Crippen LogP contribution in [0.5, 0.6) is 0 Å². The van der Waals surface area contributed by atoms with Crippen molar-refractivity contribution >= 4 is 17.1 Å². The van der Waals surface area contributed by atoms with E-state index < -0.39 is 5.60 Å². The Morgan fingerprint density at radius 2 is 2.22 bits per heavy atom. The average Bonchev–Trinajstić information content (AvgIpc) is 2.81. The van der Waals surface area contributed by atoms with Crippen LogP contribution in [0.4, 0.5) is 4.79 Å². The second-order valence-electron chi connectivity index (χ2n) is 6.92. The minimum absolute atomic E-state index is 0.0556. The fourth-order valence-electron chi connectivity index (χ4n) is 3.00. The zero-order valence-electron chi connectivity index (χ0n) is 13.7. The van der Waals surface area contributed by atoms with Gasteiger partial charge in [0.15, 0.2) is 0 Å². The minimum Gasteiger partial charge on any atom is -0.444 e. The van der Waals surface area contributed by atoms with Crippen LogP contribution in [-0.2, 0) is 4.74 Å². The Bertz CT molecular complexity index is 771. The van der Waals surface area contributed by atoms with Crippen molar-refractivity contribution in [2.45, 2.75) is 45.3 Å². The Morgan fingerprint density at radius 1 is 1.43 bits per heavy atom. The van der Waals surface area contributed by atoms with Crippen LogP contribution < -0.4 is 5.69 Å². The predicted octanol–water partition coefficient (Wildman–Crippen LogP) is 2.30. The molecule has 2 aromatic heterocycles. The van der Waals surface area contributed by atoms with Gasteiger partial charge < -0.3 is 14.6 Å². The zero-order chi connectivity index (χ0) is 16.6. The smallest absolute Gasteiger partial charge is 0.410 e. The van der Waals surface area contributed by atoms with Crippen LogP contribution in [0.15, 0.2) is 23.3 Å². The molecule has 1 aliphatic rings. The van der Waals surface area contributed by atoms with Crippen LogP contribution in [0.25, 0.3) is 11.0 Å². The summed E-state index contributed by atoms with van der Waals surface area (Å²) in [4.78, 5) is 33.1. The number of hydrogen-bond acceptors (Lipinski definition) is 4. The number of H-pyrrole nitrogens is 1. The number of piperidine rings is 1. The van der Waals surface area contributed by atoms with Gasteiger partial charge in [-0.2, -0.15) is 0 Å². The fraction of sp³-hybridized carbons (Fsp3) is 0.562. The molecular formula is C16H22N4O3. The molecule has 23 heavy (non-hydrogen) atoms. The van der Waals surface area contributed by atoms with Gasteiger partial charge in [-0.1, -0.05) is 0 Å². The van der Waals surface area contributed by atoms with Gasteiger partial charge in [-0.3, -0.25) is 9.55 Å². The molecule has 0 spiro atoms. The van der Waals surface area contributed by atoms with Crippen molar-refractivity contribution in [2.75, 3.05) is 13.1 Å². The number of ether oxygens (including phenoxy) is 1. The van der Waals surface area contributed by atoms with E-state index in [4.69, 9.17) is 4.74 Å². The fourth-order valence-corrected chi connectivity index (χ4v) is 3.00. The predicted molar refractivity (Wildman–Crippen MR) is 86.4 cm³/mol. The third-order valence-electron chi connectivity index (χ3n) is 3.93. The van der Waals surface area contributed by atoms with Gasteiger partial charge in [-0.05, 0) is 39.7 Å². The van der Waals surface area contributed by atoms with E-state index in [1.54, 1.807) is 21.9 Å². The summed E-state index contributed by atoms with van der Waals surface area (Å²) in [5.74, 6) is 0. The van der Waals surface area contributed by atoms with Gasteiger partial charge >= 0.3 is 11.8 Å². The Labute approximate surface area is 134 Å². The summed E-state index contributed by atoms with van der Waals surface area (Å²) in [6.07, 6.45) is 4.68. The summed E-state index contributed by atoms with van der Waals surface area (Å²) in [6, 6.07) is 1.76. The molecule has 7 heteroatoms. The van der Waals surface area contributed by atoms with Gasteiger partial charge in [0.05, 0.1) is 23.3 Å². The lowest BCUT2D eigenvalue weighted by molar-refractivity contribution is 0.0173. The Morgan fingerprint density at radius 3 is 2.96 bits per heavy atom. The first-order valence-corrected chi connectivity index (χ1v) is 7.87. The van der Waals surface area contributed by atoms with Gasteiger partial charge in [0.25, 0.3) is 0 Å². The number of aromatic nitrogens is 3. The van der Waals surface area contributed by atoms with Crippen LogP contribution in [0.1, 0.15) is 39.7 Å². The van der Waals surface area contributed by atoms with Crippen LogP contribution >= 0.6 is 0 Å². The first kappa shape index (κ1) is 15.6. The minimum atomic E-state index is -0.521. The molecule has 124 valence electrons. The number of rotatable bonds is 1. The molecule has 1 amide bonds. The number of likely N-dealkylation sites (tertiary alicyclic amines) is 1. The molecule has 0 aromatic carbocycles. The van der Waals surface area contributed by atoms with Gasteiger partial charge in [-0.15, -0.1) is 0 Å². The number of carbonyl (C=O) groups is 1. The number of fused-ring (bicyclic) bond motifs is 1. The maximum absolute atomic E-state index is 12.3. The lowest BCUT2D eigenvalue weighted by Gasteiger charge is -2.34. The highest BCUT2D eigenvalue weighted by Gasteiger charge is 2.29. The van der Waals surface area contributed by atoms with Crippen LogP contribution in [0.3, 0.4) is 0 Å². The van der Waals surface area contributed by atoms with Crippen molar-refractivity contribution < 1.29 is 9.53 Å². The van der Waals surface area contributed by atoms with Crippen LogP contribution in [0.2, 0.25) is 0 Å². The van der Waals surface area contributed by atoms with E-state index in [-0.39, 0.29) is 17.8 Å². The third kappa shape index (κ3) is 3.23. The summed E-state index contributed by atoms with van der Waals surface area (Å²) in [5.41, 5.74) is 0.852. The van der Waals surface area contributed by atoms with E-state index >= 15 is 0 Å². The molecule has 1 aliphatic heterocycles. The second-order valence-corrected chi connectivity index (χ2v) is 6.92. The topological polar surface area (TPSA) is 80.2 Å². The van der Waals surface area contributed by atoms with Gasteiger partial charge in [0, 0.05) is 19.3 Å². The highest BCUT2D eigenvalue weighted by molar-refractivity contribution is 5.74. The van der Waals surface area contributed by atoms with Gasteiger partial charge in [0.2, 0.25) is 0 Å². The highest BCUT2D eigenvalue weighted by Crippen LogP contribution is 2.24. The molecule has 0 saturated carbocycles. The van der Waals surface area contributed by atoms with Crippen LogP contribution in [0, 0.1) is 0 Å². The Kier molecular flexibility index (Phi) is 3.87. The normalized spacial score (nSPS) is 19.1. The molecule has 7 nitrogen and oxygen atoms in total. The molecule has 3 heterocycles. The summed E-state index contributed by atoms with van der Waals surface area (Å²) in [5, 5.41) is 0. The maximum Gasteiger partial charge on any atom is 0.410 e. The highest BCUT2D eigenvalue weighted by atomic mass is 16.6. The van der Waals surface area contributed by atoms with E-state index in [1.807, 2.05) is 26.8 Å². The summed E-state index contributed by atoms with van der Waals surface area (Å²) in [6.45, 7) is 6.69. The standard InChI is InChI=1S/C16H22N4O3/c1-16(2,3)23-15(22)19-8-4-5-11(10-19)20-13-6-7-17-9-12(13)18-14(20)21/h6-7,9,11H,4-5,8,10H2,1-3H3,(H,18,21). The van der Waals surface area contributed by atoms with E-state index in [2.05, 4.69) is 9.97 Å². The molecule has 3 rings (SSSR count). The molecular weight excluding hydrogens is 296 g/mol. The van der Waals surface area contributed by atoms with Crippen molar-refractivity contribution in [3.8, 4) is 0 Å². The number of nitrogens with one attached hydrogen (secondary N) is 1. The monoisotopic (exact) mass is 318 g/mol. The lowest BCUT2D eigenvalue weighted by Crippen LogP contribution is -2.44. The number of nitrogens with zero attached hydrogens (tertiary/aromatic N) is 3. The molecule has 0 bridgehead atoms. The number of aromatic amines is 1. The lowest BCUT2D eigenvalue weighted by atomic mass is 10.1. The van der Waals surface area contributed by atoms with E-state index in [9.17, 15) is 9.59 Å². The molecule has 2 aromatic rings. The SMILES string of the molecule is CC(C)(C)OC(=O)N1CCCC(n2c(=O)[nH]c3cnccc32)C1. The Hall–Kier alpha value is -2.31. The molecule has 1 unspecified atom stereocenters. The number of amides is 1. The second kappa shape index (κ2) is 5.72. The molecule has 0 radical (unpaired) electrons.